The highest BCUT2D eigenvalue weighted by Crippen LogP contribution is 2.39. The minimum Gasteiger partial charge on any atom is -0.493 e. The first-order valence-electron chi connectivity index (χ1n) is 9.47. The van der Waals surface area contributed by atoms with Crippen molar-refractivity contribution in [2.24, 2.45) is 0 Å². The minimum absolute atomic E-state index is 0.212. The standard InChI is InChI=1S/C24H20N2O5/c1-28-20-12-16(13-21(29-2)23(20)30-3)22(27)17(11-15-7-6-10-25-14-15)24-26-18-8-4-5-9-19(18)31-24/h4-14H,1-3H3/b17-11+. The van der Waals surface area contributed by atoms with E-state index < -0.39 is 0 Å². The second-order valence-corrected chi connectivity index (χ2v) is 6.57. The molecule has 0 N–H and O–H groups in total. The van der Waals surface area contributed by atoms with Gasteiger partial charge in [-0.3, -0.25) is 9.78 Å². The lowest BCUT2D eigenvalue weighted by Crippen LogP contribution is -2.05. The quantitative estimate of drug-likeness (QED) is 0.320. The summed E-state index contributed by atoms with van der Waals surface area (Å²) in [6.07, 6.45) is 5.02. The monoisotopic (exact) mass is 416 g/mol. The van der Waals surface area contributed by atoms with Crippen molar-refractivity contribution >= 4 is 28.5 Å². The highest BCUT2D eigenvalue weighted by Gasteiger charge is 2.23. The van der Waals surface area contributed by atoms with Crippen LogP contribution in [0.4, 0.5) is 0 Å². The van der Waals surface area contributed by atoms with Gasteiger partial charge >= 0.3 is 0 Å². The number of Topliss-reactive ketones (excluding diaryl/α,β-unsaturated/α-hetero) is 1. The number of benzene rings is 2. The Morgan fingerprint density at radius 3 is 2.32 bits per heavy atom. The van der Waals surface area contributed by atoms with Gasteiger partial charge in [0, 0.05) is 18.0 Å². The molecule has 0 radical (unpaired) electrons. The van der Waals surface area contributed by atoms with E-state index in [1.165, 1.54) is 21.3 Å². The van der Waals surface area contributed by atoms with Gasteiger partial charge in [-0.2, -0.15) is 0 Å². The molecule has 0 unspecified atom stereocenters. The molecule has 0 aliphatic rings. The topological polar surface area (TPSA) is 83.7 Å². The minimum atomic E-state index is -0.310. The van der Waals surface area contributed by atoms with Crippen molar-refractivity contribution in [1.29, 1.82) is 0 Å². The average molecular weight is 416 g/mol. The maximum Gasteiger partial charge on any atom is 0.231 e. The lowest BCUT2D eigenvalue weighted by atomic mass is 10.00. The molecule has 2 aromatic heterocycles. The van der Waals surface area contributed by atoms with E-state index in [1.807, 2.05) is 24.3 Å². The van der Waals surface area contributed by atoms with Crippen LogP contribution in [0.5, 0.6) is 17.2 Å². The zero-order valence-corrected chi connectivity index (χ0v) is 17.3. The Hall–Kier alpha value is -4.13. The van der Waals surface area contributed by atoms with Gasteiger partial charge in [-0.1, -0.05) is 18.2 Å². The molecule has 7 nitrogen and oxygen atoms in total. The first-order chi connectivity index (χ1) is 15.1. The van der Waals surface area contributed by atoms with Crippen LogP contribution >= 0.6 is 0 Å². The van der Waals surface area contributed by atoms with E-state index >= 15 is 0 Å². The molecule has 4 aromatic rings. The fourth-order valence-corrected chi connectivity index (χ4v) is 3.21. The first kappa shape index (κ1) is 20.2. The van der Waals surface area contributed by atoms with Crippen LogP contribution in [0.25, 0.3) is 22.7 Å². The molecule has 2 aromatic carbocycles. The molecule has 4 rings (SSSR count). The molecule has 0 spiro atoms. The summed E-state index contributed by atoms with van der Waals surface area (Å²) >= 11 is 0. The van der Waals surface area contributed by atoms with Crippen molar-refractivity contribution in [1.82, 2.24) is 9.97 Å². The van der Waals surface area contributed by atoms with E-state index in [1.54, 1.807) is 42.7 Å². The van der Waals surface area contributed by atoms with Crippen LogP contribution in [0.3, 0.4) is 0 Å². The molecule has 156 valence electrons. The number of rotatable bonds is 7. The van der Waals surface area contributed by atoms with Gasteiger partial charge in [-0.15, -0.1) is 0 Å². The smallest absolute Gasteiger partial charge is 0.231 e. The Bertz CT molecular complexity index is 1200. The third-order valence-electron chi connectivity index (χ3n) is 4.69. The van der Waals surface area contributed by atoms with E-state index in [0.29, 0.717) is 33.9 Å². The normalized spacial score (nSPS) is 11.4. The molecule has 0 amide bonds. The SMILES string of the molecule is COc1cc(C(=O)/C(=C\c2cccnc2)c2nc3ccccc3o2)cc(OC)c1OC. The summed E-state index contributed by atoms with van der Waals surface area (Å²) in [5.41, 5.74) is 2.60. The Labute approximate surface area is 178 Å². The number of aromatic nitrogens is 2. The molecular formula is C24H20N2O5. The zero-order valence-electron chi connectivity index (χ0n) is 17.3. The number of pyridine rings is 1. The molecule has 0 bridgehead atoms. The van der Waals surface area contributed by atoms with Gasteiger partial charge < -0.3 is 18.6 Å². The van der Waals surface area contributed by atoms with Gasteiger partial charge in [0.05, 0.1) is 26.9 Å². The number of carbonyl (C=O) groups excluding carboxylic acids is 1. The zero-order chi connectivity index (χ0) is 21.8. The van der Waals surface area contributed by atoms with Gasteiger partial charge in [-0.05, 0) is 42.0 Å². The van der Waals surface area contributed by atoms with Crippen LogP contribution in [-0.2, 0) is 0 Å². The lowest BCUT2D eigenvalue weighted by molar-refractivity contribution is 0.105. The Balaban J connectivity index is 1.88. The molecule has 0 fully saturated rings. The summed E-state index contributed by atoms with van der Waals surface area (Å²) in [6, 6.07) is 14.2. The molecular weight excluding hydrogens is 396 g/mol. The highest BCUT2D eigenvalue weighted by molar-refractivity contribution is 6.31. The van der Waals surface area contributed by atoms with Gasteiger partial charge in [0.25, 0.3) is 0 Å². The van der Waals surface area contributed by atoms with Crippen LogP contribution in [0.2, 0.25) is 0 Å². The van der Waals surface area contributed by atoms with Crippen molar-refractivity contribution in [2.45, 2.75) is 0 Å². The van der Waals surface area contributed by atoms with Crippen LogP contribution in [-0.4, -0.2) is 37.1 Å². The fourth-order valence-electron chi connectivity index (χ4n) is 3.21. The number of oxazole rings is 1. The number of ketones is 1. The molecule has 0 aliphatic carbocycles. The molecule has 0 saturated carbocycles. The van der Waals surface area contributed by atoms with E-state index in [4.69, 9.17) is 18.6 Å². The summed E-state index contributed by atoms with van der Waals surface area (Å²) in [7, 11) is 4.51. The van der Waals surface area contributed by atoms with Crippen molar-refractivity contribution in [2.75, 3.05) is 21.3 Å². The number of para-hydroxylation sites is 2. The maximum atomic E-state index is 13.6. The van der Waals surface area contributed by atoms with Crippen LogP contribution in [0.15, 0.2) is 65.3 Å². The summed E-state index contributed by atoms with van der Waals surface area (Å²) in [6.45, 7) is 0. The van der Waals surface area contributed by atoms with Crippen molar-refractivity contribution < 1.29 is 23.4 Å². The number of methoxy groups -OCH3 is 3. The number of hydrogen-bond donors (Lipinski definition) is 0. The van der Waals surface area contributed by atoms with Gasteiger partial charge in [-0.25, -0.2) is 4.98 Å². The Morgan fingerprint density at radius 2 is 1.71 bits per heavy atom. The number of hydrogen-bond acceptors (Lipinski definition) is 7. The number of carbonyl (C=O) groups is 1. The third-order valence-corrected chi connectivity index (χ3v) is 4.69. The first-order valence-corrected chi connectivity index (χ1v) is 9.47. The number of nitrogens with zero attached hydrogens (tertiary/aromatic N) is 2. The second-order valence-electron chi connectivity index (χ2n) is 6.57. The van der Waals surface area contributed by atoms with Crippen molar-refractivity contribution in [3.8, 4) is 17.2 Å². The highest BCUT2D eigenvalue weighted by atomic mass is 16.5. The predicted molar refractivity (Wildman–Crippen MR) is 117 cm³/mol. The van der Waals surface area contributed by atoms with E-state index in [0.717, 1.165) is 5.56 Å². The number of fused-ring (bicyclic) bond motifs is 1. The Kier molecular flexibility index (Phi) is 5.66. The number of allylic oxidation sites excluding steroid dienone is 1. The Morgan fingerprint density at radius 1 is 0.968 bits per heavy atom. The van der Waals surface area contributed by atoms with Crippen LogP contribution in [0, 0.1) is 0 Å². The summed E-state index contributed by atoms with van der Waals surface area (Å²) in [5.74, 6) is 1.06. The molecule has 31 heavy (non-hydrogen) atoms. The van der Waals surface area contributed by atoms with E-state index in [9.17, 15) is 4.79 Å². The van der Waals surface area contributed by atoms with Crippen molar-refractivity contribution in [3.63, 3.8) is 0 Å². The molecule has 0 saturated heterocycles. The van der Waals surface area contributed by atoms with E-state index in [2.05, 4.69) is 9.97 Å². The van der Waals surface area contributed by atoms with E-state index in [-0.39, 0.29) is 17.2 Å². The summed E-state index contributed by atoms with van der Waals surface area (Å²) in [5, 5.41) is 0. The maximum absolute atomic E-state index is 13.6. The predicted octanol–water partition coefficient (Wildman–Crippen LogP) is 4.67. The van der Waals surface area contributed by atoms with Gasteiger partial charge in [0.2, 0.25) is 11.6 Å². The number of ether oxygens (including phenoxy) is 3. The molecule has 0 atom stereocenters. The lowest BCUT2D eigenvalue weighted by Gasteiger charge is -2.14. The largest absolute Gasteiger partial charge is 0.493 e. The molecule has 0 aliphatic heterocycles. The van der Waals surface area contributed by atoms with Crippen molar-refractivity contribution in [3.05, 3.63) is 77.9 Å². The van der Waals surface area contributed by atoms with Crippen LogP contribution in [0.1, 0.15) is 21.8 Å². The van der Waals surface area contributed by atoms with Gasteiger partial charge in [0.15, 0.2) is 22.9 Å². The van der Waals surface area contributed by atoms with Gasteiger partial charge in [0.1, 0.15) is 5.52 Å². The molecule has 7 heteroatoms. The second kappa shape index (κ2) is 8.71. The molecule has 2 heterocycles. The average Bonchev–Trinajstić information content (AvgIpc) is 3.25. The fraction of sp³-hybridized carbons (Fsp3) is 0.125. The summed E-state index contributed by atoms with van der Waals surface area (Å²) < 4.78 is 22.0. The summed E-state index contributed by atoms with van der Waals surface area (Å²) in [4.78, 5) is 22.3. The third kappa shape index (κ3) is 3.98. The van der Waals surface area contributed by atoms with Crippen LogP contribution < -0.4 is 14.2 Å².